The third kappa shape index (κ3) is 6.46. The molecule has 0 saturated carbocycles. The molecule has 0 spiro atoms. The summed E-state index contributed by atoms with van der Waals surface area (Å²) in [4.78, 5) is 8.63. The molecule has 2 aliphatic rings. The lowest BCUT2D eigenvalue weighted by Crippen LogP contribution is -2.19. The molecule has 0 saturated heterocycles. The number of hydrogen-bond acceptors (Lipinski definition) is 2. The molecule has 0 atom stereocenters. The van der Waals surface area contributed by atoms with E-state index < -0.39 is 0 Å². The summed E-state index contributed by atoms with van der Waals surface area (Å²) < 4.78 is 0. The number of hydrogen-bond donors (Lipinski definition) is 0. The van der Waals surface area contributed by atoms with Gasteiger partial charge in [-0.15, -0.1) is 0 Å². The standard InChI is InChI=1S/C49H49N2/c1-30-23-38(48(5,6)7)24-31(2)42(30)29-45-43-27-36(34-15-19-50-20-16-34)11-13-40(43)47(46-32(3)25-39(26-33(46)4)49(8,9)10)41-14-12-37(28-44(41)45)35-17-21-51-22-18-35/h11-28,47H,1-10H3/q+1. The minimum absolute atomic E-state index is 0.0651. The van der Waals surface area contributed by atoms with Crippen LogP contribution in [0, 0.1) is 25.2 Å². The van der Waals surface area contributed by atoms with Crippen molar-refractivity contribution in [2.24, 2.45) is 5.41 Å². The molecule has 0 fully saturated rings. The van der Waals surface area contributed by atoms with E-state index in [0.717, 1.165) is 16.7 Å². The van der Waals surface area contributed by atoms with Crippen LogP contribution in [0.15, 0.2) is 132 Å². The largest absolute Gasteiger partial charge is 0.265 e. The van der Waals surface area contributed by atoms with Crippen LogP contribution in [0.1, 0.15) is 106 Å². The number of fused-ring (bicyclic) bond motifs is 2. The molecule has 0 aliphatic heterocycles. The fourth-order valence-corrected chi connectivity index (χ4v) is 7.84. The summed E-state index contributed by atoms with van der Waals surface area (Å²) in [7, 11) is 0. The first-order valence-corrected chi connectivity index (χ1v) is 18.2. The number of benzene rings is 3. The van der Waals surface area contributed by atoms with Crippen molar-refractivity contribution in [1.82, 2.24) is 9.97 Å². The van der Waals surface area contributed by atoms with Crippen LogP contribution in [0.25, 0.3) is 27.8 Å². The Morgan fingerprint density at radius 1 is 0.549 bits per heavy atom. The second-order valence-electron chi connectivity index (χ2n) is 16.5. The summed E-state index contributed by atoms with van der Waals surface area (Å²) in [6, 6.07) is 27.3. The van der Waals surface area contributed by atoms with Crippen molar-refractivity contribution in [2.45, 2.75) is 80.6 Å². The number of allylic oxidation sites excluding steroid dienone is 5. The van der Waals surface area contributed by atoms with E-state index in [2.05, 4.69) is 170 Å². The molecule has 5 aromatic rings. The molecule has 0 unspecified atom stereocenters. The number of rotatable bonds is 3. The van der Waals surface area contributed by atoms with E-state index in [1.165, 1.54) is 78.3 Å². The van der Waals surface area contributed by atoms with E-state index >= 15 is 0 Å². The fourth-order valence-electron chi connectivity index (χ4n) is 7.84. The van der Waals surface area contributed by atoms with Crippen molar-refractivity contribution in [3.8, 4) is 22.3 Å². The van der Waals surface area contributed by atoms with Gasteiger partial charge in [0, 0.05) is 55.5 Å². The molecule has 0 radical (unpaired) electrons. The van der Waals surface area contributed by atoms with Crippen LogP contribution in [-0.2, 0) is 5.41 Å². The van der Waals surface area contributed by atoms with Crippen molar-refractivity contribution in [3.63, 3.8) is 0 Å². The number of aryl methyl sites for hydroxylation is 2. The zero-order valence-corrected chi connectivity index (χ0v) is 31.9. The SMILES string of the molecule is CC1=C[C+](C(C)(C)C)C=C(C)C1=C=C1c2cc(-c3ccncc3)ccc2C(c2c(C)cc(C(C)(C)C)cc2C)c2ccc(-c3ccncc3)cc21. The van der Waals surface area contributed by atoms with E-state index in [1.807, 2.05) is 24.8 Å². The van der Waals surface area contributed by atoms with Gasteiger partial charge < -0.3 is 0 Å². The molecule has 0 bridgehead atoms. The molecule has 0 N–H and O–H groups in total. The molecular weight excluding hydrogens is 617 g/mol. The van der Waals surface area contributed by atoms with E-state index in [0.29, 0.717) is 0 Å². The summed E-state index contributed by atoms with van der Waals surface area (Å²) in [5, 5.41) is 0. The molecule has 2 heteroatoms. The Balaban J connectivity index is 1.58. The van der Waals surface area contributed by atoms with E-state index in [-0.39, 0.29) is 16.7 Å². The topological polar surface area (TPSA) is 25.8 Å². The lowest BCUT2D eigenvalue weighted by Gasteiger charge is -2.34. The Morgan fingerprint density at radius 3 is 1.41 bits per heavy atom. The molecule has 7 rings (SSSR count). The van der Waals surface area contributed by atoms with Gasteiger partial charge in [0.05, 0.1) is 29.2 Å². The van der Waals surface area contributed by atoms with Crippen molar-refractivity contribution in [3.05, 3.63) is 183 Å². The van der Waals surface area contributed by atoms with Crippen LogP contribution in [0.4, 0.5) is 0 Å². The molecule has 2 aromatic heterocycles. The van der Waals surface area contributed by atoms with Gasteiger partial charge in [-0.1, -0.05) is 62.9 Å². The first-order chi connectivity index (χ1) is 24.2. The van der Waals surface area contributed by atoms with Crippen LogP contribution in [0.5, 0.6) is 0 Å². The molecule has 254 valence electrons. The summed E-state index contributed by atoms with van der Waals surface area (Å²) in [6.45, 7) is 22.9. The highest BCUT2D eigenvalue weighted by Crippen LogP contribution is 2.50. The van der Waals surface area contributed by atoms with Gasteiger partial charge in [0.15, 0.2) is 0 Å². The molecule has 3 aromatic carbocycles. The molecule has 51 heavy (non-hydrogen) atoms. The van der Waals surface area contributed by atoms with Gasteiger partial charge in [-0.25, -0.2) is 0 Å². The number of aromatic nitrogens is 2. The highest BCUT2D eigenvalue weighted by Gasteiger charge is 2.35. The van der Waals surface area contributed by atoms with Gasteiger partial charge in [-0.05, 0) is 143 Å². The Bertz CT molecular complexity index is 2140. The average molecular weight is 666 g/mol. The molecule has 2 aliphatic carbocycles. The molecule has 0 amide bonds. The summed E-state index contributed by atoms with van der Waals surface area (Å²) in [6.07, 6.45) is 12.2. The van der Waals surface area contributed by atoms with Crippen LogP contribution in [-0.4, -0.2) is 9.97 Å². The van der Waals surface area contributed by atoms with Crippen LogP contribution in [0.2, 0.25) is 0 Å². The van der Waals surface area contributed by atoms with E-state index in [9.17, 15) is 0 Å². The molecule has 2 heterocycles. The van der Waals surface area contributed by atoms with Gasteiger partial charge >= 0.3 is 0 Å². The fraction of sp³-hybridized carbons (Fsp3) is 0.265. The first kappa shape index (κ1) is 34.3. The van der Waals surface area contributed by atoms with Gasteiger partial charge in [0.2, 0.25) is 0 Å². The van der Waals surface area contributed by atoms with Crippen LogP contribution < -0.4 is 0 Å². The molecule has 2 nitrogen and oxygen atoms in total. The highest BCUT2D eigenvalue weighted by molar-refractivity contribution is 5.91. The summed E-state index contributed by atoms with van der Waals surface area (Å²) in [5.41, 5.74) is 24.2. The smallest absolute Gasteiger partial charge is 0.132 e. The second-order valence-corrected chi connectivity index (χ2v) is 16.5. The van der Waals surface area contributed by atoms with Gasteiger partial charge in [-0.2, -0.15) is 0 Å². The summed E-state index contributed by atoms with van der Waals surface area (Å²) in [5.74, 6) is 1.42. The molecular formula is C49H49N2+. The van der Waals surface area contributed by atoms with Crippen molar-refractivity contribution >= 4 is 5.57 Å². The Morgan fingerprint density at radius 2 is 1.00 bits per heavy atom. The normalized spacial score (nSPS) is 15.9. The van der Waals surface area contributed by atoms with E-state index in [4.69, 9.17) is 0 Å². The minimum atomic E-state index is 0.0651. The Kier molecular flexibility index (Phi) is 8.65. The van der Waals surface area contributed by atoms with Crippen LogP contribution in [0.3, 0.4) is 0 Å². The van der Waals surface area contributed by atoms with Crippen molar-refractivity contribution < 1.29 is 0 Å². The third-order valence-corrected chi connectivity index (χ3v) is 10.7. The number of pyridine rings is 2. The van der Waals surface area contributed by atoms with Gasteiger partial charge in [-0.3, -0.25) is 9.97 Å². The third-order valence-electron chi connectivity index (χ3n) is 10.7. The first-order valence-electron chi connectivity index (χ1n) is 18.2. The predicted octanol–water partition coefficient (Wildman–Crippen LogP) is 12.7. The maximum atomic E-state index is 4.31. The van der Waals surface area contributed by atoms with E-state index in [1.54, 1.807) is 0 Å². The number of nitrogens with zero attached hydrogens (tertiary/aromatic N) is 2. The highest BCUT2D eigenvalue weighted by atomic mass is 14.6. The zero-order valence-electron chi connectivity index (χ0n) is 31.9. The Hall–Kier alpha value is -5.17. The quantitative estimate of drug-likeness (QED) is 0.139. The minimum Gasteiger partial charge on any atom is -0.265 e. The lowest BCUT2D eigenvalue weighted by atomic mass is 9.69. The Labute approximate surface area is 305 Å². The lowest BCUT2D eigenvalue weighted by molar-refractivity contribution is 0.471. The monoisotopic (exact) mass is 665 g/mol. The maximum Gasteiger partial charge on any atom is 0.132 e. The second kappa shape index (κ2) is 12.9. The maximum absolute atomic E-state index is 4.31. The average Bonchev–Trinajstić information content (AvgIpc) is 3.09. The predicted molar refractivity (Wildman–Crippen MR) is 215 cm³/mol. The zero-order chi connectivity index (χ0) is 36.2. The van der Waals surface area contributed by atoms with Gasteiger partial charge in [0.1, 0.15) is 5.57 Å². The van der Waals surface area contributed by atoms with Crippen molar-refractivity contribution in [2.75, 3.05) is 0 Å². The van der Waals surface area contributed by atoms with Gasteiger partial charge in [0.25, 0.3) is 0 Å². The van der Waals surface area contributed by atoms with Crippen LogP contribution >= 0.6 is 0 Å². The van der Waals surface area contributed by atoms with Crippen molar-refractivity contribution in [1.29, 1.82) is 0 Å². The summed E-state index contributed by atoms with van der Waals surface area (Å²) >= 11 is 0.